The van der Waals surface area contributed by atoms with Crippen LogP contribution >= 0.6 is 0 Å². The molecule has 2 N–H and O–H groups in total. The Morgan fingerprint density at radius 3 is 2.82 bits per heavy atom. The third-order valence-electron chi connectivity index (χ3n) is 3.06. The van der Waals surface area contributed by atoms with Crippen molar-refractivity contribution in [1.82, 2.24) is 5.32 Å². The smallest absolute Gasteiger partial charge is 0.122 e. The third-order valence-corrected chi connectivity index (χ3v) is 3.06. The van der Waals surface area contributed by atoms with Gasteiger partial charge in [0.25, 0.3) is 0 Å². The number of aryl methyl sites for hydroxylation is 1. The molecule has 1 aromatic rings. The molecule has 1 aromatic carbocycles. The Kier molecular flexibility index (Phi) is 4.02. The highest BCUT2D eigenvalue weighted by atomic mass is 16.5. The molecular weight excluding hydrogens is 214 g/mol. The highest BCUT2D eigenvalue weighted by molar-refractivity contribution is 5.37. The lowest BCUT2D eigenvalue weighted by molar-refractivity contribution is 0.174. The van der Waals surface area contributed by atoms with Gasteiger partial charge in [-0.25, -0.2) is 0 Å². The van der Waals surface area contributed by atoms with Crippen molar-refractivity contribution in [2.24, 2.45) is 0 Å². The predicted octanol–water partition coefficient (Wildman–Crippen LogP) is 2.18. The van der Waals surface area contributed by atoms with E-state index in [1.807, 2.05) is 32.0 Å². The second-order valence-corrected chi connectivity index (χ2v) is 4.66. The Balaban J connectivity index is 1.96. The average molecular weight is 235 g/mol. The van der Waals surface area contributed by atoms with Crippen LogP contribution in [0.3, 0.4) is 0 Å². The van der Waals surface area contributed by atoms with E-state index in [4.69, 9.17) is 4.74 Å². The number of aliphatic hydroxyl groups is 1. The van der Waals surface area contributed by atoms with Crippen molar-refractivity contribution in [2.75, 3.05) is 13.2 Å². The molecule has 0 aliphatic heterocycles. The maximum Gasteiger partial charge on any atom is 0.122 e. The van der Waals surface area contributed by atoms with Crippen molar-refractivity contribution in [3.8, 4) is 5.75 Å². The number of ether oxygens (including phenoxy) is 1. The van der Waals surface area contributed by atoms with Gasteiger partial charge < -0.3 is 15.2 Å². The Morgan fingerprint density at radius 2 is 2.24 bits per heavy atom. The highest BCUT2D eigenvalue weighted by Crippen LogP contribution is 2.24. The Morgan fingerprint density at radius 1 is 1.47 bits per heavy atom. The van der Waals surface area contributed by atoms with E-state index in [9.17, 15) is 5.11 Å². The lowest BCUT2D eigenvalue weighted by Gasteiger charge is -2.14. The lowest BCUT2D eigenvalue weighted by atomic mass is 10.1. The van der Waals surface area contributed by atoms with Crippen molar-refractivity contribution in [1.29, 1.82) is 0 Å². The van der Waals surface area contributed by atoms with Crippen molar-refractivity contribution in [3.05, 3.63) is 29.3 Å². The fourth-order valence-corrected chi connectivity index (χ4v) is 1.88. The number of hydrogen-bond donors (Lipinski definition) is 2. The molecule has 1 saturated carbocycles. The Bertz CT molecular complexity index is 374. The maximum atomic E-state index is 10.0. The van der Waals surface area contributed by atoms with Crippen LogP contribution in [0.1, 0.15) is 37.0 Å². The van der Waals surface area contributed by atoms with Crippen LogP contribution in [-0.2, 0) is 0 Å². The summed E-state index contributed by atoms with van der Waals surface area (Å²) in [6.07, 6.45) is 2.06. The van der Waals surface area contributed by atoms with Crippen molar-refractivity contribution in [3.63, 3.8) is 0 Å². The molecule has 1 unspecified atom stereocenters. The van der Waals surface area contributed by atoms with Gasteiger partial charge in [0.1, 0.15) is 5.75 Å². The van der Waals surface area contributed by atoms with Gasteiger partial charge in [-0.3, -0.25) is 0 Å². The third kappa shape index (κ3) is 3.45. The number of benzene rings is 1. The number of aliphatic hydroxyl groups excluding tert-OH is 1. The minimum Gasteiger partial charge on any atom is -0.494 e. The molecule has 94 valence electrons. The first kappa shape index (κ1) is 12.4. The minimum absolute atomic E-state index is 0.426. The normalized spacial score (nSPS) is 16.9. The van der Waals surface area contributed by atoms with Crippen LogP contribution in [0.25, 0.3) is 0 Å². The van der Waals surface area contributed by atoms with E-state index >= 15 is 0 Å². The van der Waals surface area contributed by atoms with Crippen LogP contribution in [0.15, 0.2) is 18.2 Å². The number of rotatable bonds is 6. The SMILES string of the molecule is CCOc1ccc(C(O)CNC2CC2)cc1C. The van der Waals surface area contributed by atoms with E-state index in [0.29, 0.717) is 19.2 Å². The summed E-state index contributed by atoms with van der Waals surface area (Å²) in [7, 11) is 0. The number of nitrogens with one attached hydrogen (secondary N) is 1. The van der Waals surface area contributed by atoms with Crippen LogP contribution in [0.5, 0.6) is 5.75 Å². The highest BCUT2D eigenvalue weighted by Gasteiger charge is 2.21. The van der Waals surface area contributed by atoms with E-state index in [-0.39, 0.29) is 0 Å². The summed E-state index contributed by atoms with van der Waals surface area (Å²) in [5, 5.41) is 13.4. The van der Waals surface area contributed by atoms with Crippen LogP contribution in [-0.4, -0.2) is 24.3 Å². The second-order valence-electron chi connectivity index (χ2n) is 4.66. The summed E-state index contributed by atoms with van der Waals surface area (Å²) in [5.74, 6) is 0.901. The van der Waals surface area contributed by atoms with Crippen LogP contribution in [0.2, 0.25) is 0 Å². The summed E-state index contributed by atoms with van der Waals surface area (Å²) in [5.41, 5.74) is 2.04. The quantitative estimate of drug-likeness (QED) is 0.794. The van der Waals surface area contributed by atoms with E-state index in [0.717, 1.165) is 16.9 Å². The molecule has 0 heterocycles. The molecule has 0 saturated heterocycles. The summed E-state index contributed by atoms with van der Waals surface area (Å²) in [6, 6.07) is 6.52. The molecule has 0 aromatic heterocycles. The minimum atomic E-state index is -0.426. The Hall–Kier alpha value is -1.06. The molecule has 2 rings (SSSR count). The zero-order chi connectivity index (χ0) is 12.3. The standard InChI is InChI=1S/C14H21NO2/c1-3-17-14-7-4-11(8-10(14)2)13(16)9-15-12-5-6-12/h4,7-8,12-13,15-16H,3,5-6,9H2,1-2H3. The summed E-state index contributed by atoms with van der Waals surface area (Å²) < 4.78 is 5.48. The van der Waals surface area contributed by atoms with Crippen molar-refractivity contribution in [2.45, 2.75) is 38.8 Å². The number of hydrogen-bond acceptors (Lipinski definition) is 3. The summed E-state index contributed by atoms with van der Waals surface area (Å²) in [6.45, 7) is 5.29. The van der Waals surface area contributed by atoms with Gasteiger partial charge in [-0.15, -0.1) is 0 Å². The molecule has 1 fully saturated rings. The molecule has 1 atom stereocenters. The molecule has 0 spiro atoms. The summed E-state index contributed by atoms with van der Waals surface area (Å²) >= 11 is 0. The molecular formula is C14H21NO2. The molecule has 0 amide bonds. The van der Waals surface area contributed by atoms with Gasteiger partial charge in [0.2, 0.25) is 0 Å². The summed E-state index contributed by atoms with van der Waals surface area (Å²) in [4.78, 5) is 0. The average Bonchev–Trinajstić information content (AvgIpc) is 3.13. The van der Waals surface area contributed by atoms with Crippen molar-refractivity contribution < 1.29 is 9.84 Å². The van der Waals surface area contributed by atoms with Gasteiger partial charge in [0.05, 0.1) is 12.7 Å². The molecule has 0 bridgehead atoms. The monoisotopic (exact) mass is 235 g/mol. The van der Waals surface area contributed by atoms with E-state index in [1.165, 1.54) is 12.8 Å². The lowest BCUT2D eigenvalue weighted by Crippen LogP contribution is -2.23. The molecule has 1 aliphatic rings. The van der Waals surface area contributed by atoms with Crippen LogP contribution < -0.4 is 10.1 Å². The van der Waals surface area contributed by atoms with E-state index in [2.05, 4.69) is 5.32 Å². The van der Waals surface area contributed by atoms with E-state index < -0.39 is 6.10 Å². The fourth-order valence-electron chi connectivity index (χ4n) is 1.88. The first-order valence-electron chi connectivity index (χ1n) is 6.35. The fraction of sp³-hybridized carbons (Fsp3) is 0.571. The Labute approximate surface area is 103 Å². The van der Waals surface area contributed by atoms with Crippen LogP contribution in [0.4, 0.5) is 0 Å². The topological polar surface area (TPSA) is 41.5 Å². The first-order chi connectivity index (χ1) is 8.20. The largest absolute Gasteiger partial charge is 0.494 e. The maximum absolute atomic E-state index is 10.0. The first-order valence-corrected chi connectivity index (χ1v) is 6.35. The van der Waals surface area contributed by atoms with Gasteiger partial charge >= 0.3 is 0 Å². The molecule has 3 nitrogen and oxygen atoms in total. The van der Waals surface area contributed by atoms with Gasteiger partial charge in [-0.05, 0) is 49.9 Å². The van der Waals surface area contributed by atoms with Gasteiger partial charge in [0.15, 0.2) is 0 Å². The van der Waals surface area contributed by atoms with Crippen molar-refractivity contribution >= 4 is 0 Å². The van der Waals surface area contributed by atoms with Gasteiger partial charge in [0, 0.05) is 12.6 Å². The molecule has 1 aliphatic carbocycles. The van der Waals surface area contributed by atoms with Crippen LogP contribution in [0, 0.1) is 6.92 Å². The molecule has 0 radical (unpaired) electrons. The zero-order valence-electron chi connectivity index (χ0n) is 10.6. The molecule has 3 heteroatoms. The molecule has 17 heavy (non-hydrogen) atoms. The predicted molar refractivity (Wildman–Crippen MR) is 68.3 cm³/mol. The zero-order valence-corrected chi connectivity index (χ0v) is 10.6. The van der Waals surface area contributed by atoms with Gasteiger partial charge in [-0.2, -0.15) is 0 Å². The van der Waals surface area contributed by atoms with E-state index in [1.54, 1.807) is 0 Å². The van der Waals surface area contributed by atoms with Gasteiger partial charge in [-0.1, -0.05) is 6.07 Å². The second kappa shape index (κ2) is 5.52.